The van der Waals surface area contributed by atoms with Gasteiger partial charge in [0.1, 0.15) is 15.6 Å². The van der Waals surface area contributed by atoms with E-state index in [1.165, 1.54) is 43.3 Å². The van der Waals surface area contributed by atoms with Crippen LogP contribution in [0.5, 0.6) is 5.75 Å². The Bertz CT molecular complexity index is 1470. The summed E-state index contributed by atoms with van der Waals surface area (Å²) < 4.78 is 44.4. The lowest BCUT2D eigenvalue weighted by molar-refractivity contribution is -0.152. The van der Waals surface area contributed by atoms with E-state index in [-0.39, 0.29) is 12.5 Å². The van der Waals surface area contributed by atoms with Gasteiger partial charge < -0.3 is 9.84 Å². The molecule has 8 nitrogen and oxygen atoms in total. The molecule has 0 aliphatic heterocycles. The Labute approximate surface area is 225 Å². The number of hydrogen-bond acceptors (Lipinski definition) is 7. The predicted molar refractivity (Wildman–Crippen MR) is 139 cm³/mol. The van der Waals surface area contributed by atoms with Gasteiger partial charge >= 0.3 is 12.1 Å². The Balaban J connectivity index is 1.61. The molecule has 0 radical (unpaired) electrons. The first-order chi connectivity index (χ1) is 18.3. The zero-order chi connectivity index (χ0) is 28.4. The molecule has 12 heteroatoms. The van der Waals surface area contributed by atoms with Crippen molar-refractivity contribution in [3.63, 3.8) is 0 Å². The fraction of sp³-hybridized carbons (Fsp3) is 0.222. The van der Waals surface area contributed by atoms with Crippen LogP contribution in [-0.4, -0.2) is 37.5 Å². The molecular weight excluding hydrogens is 533 g/mol. The number of ether oxygens (including phenoxy) is 1. The van der Waals surface area contributed by atoms with Crippen molar-refractivity contribution in [2.24, 2.45) is 0 Å². The second-order valence-corrected chi connectivity index (χ2v) is 10.0. The van der Waals surface area contributed by atoms with E-state index in [2.05, 4.69) is 15.0 Å². The van der Waals surface area contributed by atoms with E-state index in [4.69, 9.17) is 4.74 Å². The van der Waals surface area contributed by atoms with Crippen LogP contribution in [0.4, 0.5) is 19.1 Å². The zero-order valence-electron chi connectivity index (χ0n) is 21.1. The van der Waals surface area contributed by atoms with Crippen molar-refractivity contribution in [3.8, 4) is 16.3 Å². The fourth-order valence-corrected chi connectivity index (χ4v) is 4.51. The lowest BCUT2D eigenvalue weighted by atomic mass is 10.1. The second-order valence-electron chi connectivity index (χ2n) is 9.01. The molecule has 2 aromatic carbocycles. The molecule has 4 rings (SSSR count). The number of aliphatic carboxylic acids is 1. The standard InChI is InChI=1S/C27H23F3N4O4S/c1-16-21(39-22(33-16)18-7-9-19(10-8-18)27(28,29)30)23(35)34(25-31-13-4-14-32-25)15-17-5-11-20(12-6-17)38-26(2,3)24(36)37/h4-14H,15H2,1-3H3,(H,36,37). The topological polar surface area (TPSA) is 106 Å². The van der Waals surface area contributed by atoms with Crippen LogP contribution in [0.15, 0.2) is 67.0 Å². The Morgan fingerprint density at radius 2 is 1.62 bits per heavy atom. The largest absolute Gasteiger partial charge is 0.478 e. The summed E-state index contributed by atoms with van der Waals surface area (Å²) in [4.78, 5) is 39.6. The van der Waals surface area contributed by atoms with E-state index < -0.39 is 29.2 Å². The highest BCUT2D eigenvalue weighted by atomic mass is 32.1. The molecule has 0 unspecified atom stereocenters. The van der Waals surface area contributed by atoms with Gasteiger partial charge in [0.15, 0.2) is 5.60 Å². The molecule has 0 bridgehead atoms. The van der Waals surface area contributed by atoms with Gasteiger partial charge in [0.25, 0.3) is 5.91 Å². The number of anilines is 1. The van der Waals surface area contributed by atoms with Gasteiger partial charge in [-0.15, -0.1) is 11.3 Å². The molecule has 39 heavy (non-hydrogen) atoms. The molecule has 0 atom stereocenters. The minimum absolute atomic E-state index is 0.0817. The lowest BCUT2D eigenvalue weighted by Gasteiger charge is -2.22. The van der Waals surface area contributed by atoms with Crippen LogP contribution in [0.2, 0.25) is 0 Å². The number of carboxylic acid groups (broad SMARTS) is 1. The fourth-order valence-electron chi connectivity index (χ4n) is 3.49. The summed E-state index contributed by atoms with van der Waals surface area (Å²) in [6, 6.07) is 12.8. The number of aryl methyl sites for hydroxylation is 1. The summed E-state index contributed by atoms with van der Waals surface area (Å²) >= 11 is 1.06. The number of benzene rings is 2. The maximum absolute atomic E-state index is 13.7. The maximum atomic E-state index is 13.7. The minimum atomic E-state index is -4.45. The molecule has 0 aliphatic rings. The van der Waals surface area contributed by atoms with Gasteiger partial charge in [-0.25, -0.2) is 19.7 Å². The molecule has 1 amide bonds. The first-order valence-electron chi connectivity index (χ1n) is 11.6. The number of halogens is 3. The van der Waals surface area contributed by atoms with E-state index in [9.17, 15) is 27.9 Å². The molecule has 4 aromatic rings. The second kappa shape index (κ2) is 10.8. The summed E-state index contributed by atoms with van der Waals surface area (Å²) in [5.74, 6) is -1.04. The van der Waals surface area contributed by atoms with Crippen molar-refractivity contribution in [3.05, 3.63) is 88.7 Å². The van der Waals surface area contributed by atoms with Crippen LogP contribution in [-0.2, 0) is 17.5 Å². The Kier molecular flexibility index (Phi) is 7.68. The molecule has 0 fully saturated rings. The highest BCUT2D eigenvalue weighted by molar-refractivity contribution is 7.17. The van der Waals surface area contributed by atoms with Gasteiger partial charge in [0.2, 0.25) is 5.95 Å². The first kappa shape index (κ1) is 27.7. The van der Waals surface area contributed by atoms with Crippen molar-refractivity contribution >= 4 is 29.2 Å². The summed E-state index contributed by atoms with van der Waals surface area (Å²) in [6.45, 7) is 4.61. The number of rotatable bonds is 8. The van der Waals surface area contributed by atoms with Crippen LogP contribution < -0.4 is 9.64 Å². The van der Waals surface area contributed by atoms with Crippen LogP contribution in [0.1, 0.15) is 40.3 Å². The average Bonchev–Trinajstić information content (AvgIpc) is 3.29. The predicted octanol–water partition coefficient (Wildman–Crippen LogP) is 6.02. The molecule has 1 N–H and O–H groups in total. The summed E-state index contributed by atoms with van der Waals surface area (Å²) in [5.41, 5.74) is -0.624. The van der Waals surface area contributed by atoms with E-state index in [1.54, 1.807) is 37.3 Å². The van der Waals surface area contributed by atoms with Crippen LogP contribution in [0, 0.1) is 6.92 Å². The Hall–Kier alpha value is -4.32. The maximum Gasteiger partial charge on any atom is 0.416 e. The highest BCUT2D eigenvalue weighted by Gasteiger charge is 2.31. The first-order valence-corrected chi connectivity index (χ1v) is 12.4. The molecule has 0 saturated heterocycles. The van der Waals surface area contributed by atoms with Crippen molar-refractivity contribution in [2.45, 2.75) is 39.1 Å². The van der Waals surface area contributed by atoms with E-state index in [1.807, 2.05) is 0 Å². The van der Waals surface area contributed by atoms with Crippen LogP contribution >= 0.6 is 11.3 Å². The van der Waals surface area contributed by atoms with Gasteiger partial charge in [-0.3, -0.25) is 9.69 Å². The molecular formula is C27H23F3N4O4S. The monoisotopic (exact) mass is 556 g/mol. The molecule has 0 spiro atoms. The quantitative estimate of drug-likeness (QED) is 0.283. The van der Waals surface area contributed by atoms with Crippen molar-refractivity contribution in [2.75, 3.05) is 4.90 Å². The highest BCUT2D eigenvalue weighted by Crippen LogP contribution is 2.34. The number of carbonyl (C=O) groups excluding carboxylic acids is 1. The van der Waals surface area contributed by atoms with E-state index in [0.29, 0.717) is 32.5 Å². The SMILES string of the molecule is Cc1nc(-c2ccc(C(F)(F)F)cc2)sc1C(=O)N(Cc1ccc(OC(C)(C)C(=O)O)cc1)c1ncccn1. The van der Waals surface area contributed by atoms with Gasteiger partial charge in [-0.2, -0.15) is 13.2 Å². The summed E-state index contributed by atoms with van der Waals surface area (Å²) in [5, 5.41) is 9.68. The molecule has 2 aromatic heterocycles. The third kappa shape index (κ3) is 6.40. The third-order valence-electron chi connectivity index (χ3n) is 5.64. The number of carbonyl (C=O) groups is 2. The number of alkyl halides is 3. The molecule has 0 aliphatic carbocycles. The van der Waals surface area contributed by atoms with Crippen molar-refractivity contribution in [1.29, 1.82) is 0 Å². The molecule has 2 heterocycles. The van der Waals surface area contributed by atoms with Gasteiger partial charge in [0, 0.05) is 18.0 Å². The van der Waals surface area contributed by atoms with Crippen molar-refractivity contribution in [1.82, 2.24) is 15.0 Å². The Morgan fingerprint density at radius 1 is 1.00 bits per heavy atom. The lowest BCUT2D eigenvalue weighted by Crippen LogP contribution is -2.37. The van der Waals surface area contributed by atoms with Gasteiger partial charge in [0.05, 0.1) is 17.8 Å². The van der Waals surface area contributed by atoms with Gasteiger partial charge in [-0.05, 0) is 56.7 Å². The van der Waals surface area contributed by atoms with E-state index >= 15 is 0 Å². The van der Waals surface area contributed by atoms with Gasteiger partial charge in [-0.1, -0.05) is 24.3 Å². The smallest absolute Gasteiger partial charge is 0.416 e. The zero-order valence-corrected chi connectivity index (χ0v) is 21.9. The number of thiazole rings is 1. The summed E-state index contributed by atoms with van der Waals surface area (Å²) in [6.07, 6.45) is -1.45. The van der Waals surface area contributed by atoms with E-state index in [0.717, 1.165) is 23.5 Å². The van der Waals surface area contributed by atoms with Crippen LogP contribution in [0.3, 0.4) is 0 Å². The van der Waals surface area contributed by atoms with Crippen molar-refractivity contribution < 1.29 is 32.6 Å². The minimum Gasteiger partial charge on any atom is -0.478 e. The molecule has 0 saturated carbocycles. The third-order valence-corrected chi connectivity index (χ3v) is 6.84. The number of aromatic nitrogens is 3. The summed E-state index contributed by atoms with van der Waals surface area (Å²) in [7, 11) is 0. The number of amides is 1. The number of nitrogens with zero attached hydrogens (tertiary/aromatic N) is 4. The normalized spacial score (nSPS) is 11.7. The average molecular weight is 557 g/mol. The number of carboxylic acids is 1. The number of hydrogen-bond donors (Lipinski definition) is 1. The molecule has 202 valence electrons. The van der Waals surface area contributed by atoms with Crippen LogP contribution in [0.25, 0.3) is 10.6 Å². The Morgan fingerprint density at radius 3 is 2.18 bits per heavy atom.